The van der Waals surface area contributed by atoms with Gasteiger partial charge in [0.1, 0.15) is 13.2 Å². The lowest BCUT2D eigenvalue weighted by molar-refractivity contribution is 0.104. The van der Waals surface area contributed by atoms with Gasteiger partial charge in [-0.3, -0.25) is 4.79 Å². The molecule has 0 saturated heterocycles. The van der Waals surface area contributed by atoms with Crippen molar-refractivity contribution in [2.75, 3.05) is 19.5 Å². The van der Waals surface area contributed by atoms with Crippen molar-refractivity contribution in [1.82, 2.24) is 0 Å². The van der Waals surface area contributed by atoms with Gasteiger partial charge in [-0.25, -0.2) is 0 Å². The average Bonchev–Trinajstić information content (AvgIpc) is 2.59. The molecule has 3 nitrogen and oxygen atoms in total. The van der Waals surface area contributed by atoms with Crippen molar-refractivity contribution in [2.45, 2.75) is 4.90 Å². The second-order valence-electron chi connectivity index (χ2n) is 4.83. The molecule has 1 heterocycles. The van der Waals surface area contributed by atoms with E-state index in [9.17, 15) is 4.79 Å². The second kappa shape index (κ2) is 6.71. The van der Waals surface area contributed by atoms with E-state index in [1.54, 1.807) is 23.9 Å². The summed E-state index contributed by atoms with van der Waals surface area (Å²) in [5.41, 5.74) is 1.60. The van der Waals surface area contributed by atoms with Crippen molar-refractivity contribution < 1.29 is 14.3 Å². The first-order chi connectivity index (χ1) is 10.8. The van der Waals surface area contributed by atoms with Crippen LogP contribution in [-0.4, -0.2) is 25.3 Å². The van der Waals surface area contributed by atoms with E-state index in [2.05, 4.69) is 0 Å². The molecule has 0 radical (unpaired) electrons. The normalized spacial score (nSPS) is 13.3. The van der Waals surface area contributed by atoms with Crippen LogP contribution in [0.2, 0.25) is 0 Å². The number of ether oxygens (including phenoxy) is 2. The Bertz CT molecular complexity index is 705. The Kier molecular flexibility index (Phi) is 4.49. The molecule has 4 heteroatoms. The van der Waals surface area contributed by atoms with Gasteiger partial charge in [0.15, 0.2) is 17.3 Å². The summed E-state index contributed by atoms with van der Waals surface area (Å²) in [5, 5.41) is 0. The molecule has 2 aromatic carbocycles. The molecule has 0 aliphatic carbocycles. The first-order valence-electron chi connectivity index (χ1n) is 7.02. The first kappa shape index (κ1) is 14.7. The number of benzene rings is 2. The smallest absolute Gasteiger partial charge is 0.185 e. The van der Waals surface area contributed by atoms with E-state index in [4.69, 9.17) is 9.47 Å². The third kappa shape index (κ3) is 3.34. The van der Waals surface area contributed by atoms with Crippen molar-refractivity contribution in [3.05, 3.63) is 59.7 Å². The van der Waals surface area contributed by atoms with Gasteiger partial charge >= 0.3 is 0 Å². The summed E-state index contributed by atoms with van der Waals surface area (Å²) in [6.07, 6.45) is 5.39. The number of carbonyl (C=O) groups is 1. The minimum absolute atomic E-state index is 0.0115. The fourth-order valence-electron chi connectivity index (χ4n) is 2.19. The standard InChI is InChI=1S/C18H16O3S/c1-22-15-6-4-14(5-7-15)16(19)8-2-13-3-9-17-18(12-13)21-11-10-20-17/h2-9,12H,10-11H2,1H3/b8-2+. The highest BCUT2D eigenvalue weighted by Gasteiger charge is 2.10. The van der Waals surface area contributed by atoms with E-state index in [0.717, 1.165) is 22.0 Å². The quantitative estimate of drug-likeness (QED) is 0.484. The van der Waals surface area contributed by atoms with Gasteiger partial charge in [-0.05, 0) is 54.3 Å². The predicted molar refractivity (Wildman–Crippen MR) is 89.0 cm³/mol. The van der Waals surface area contributed by atoms with Crippen LogP contribution in [0.1, 0.15) is 15.9 Å². The summed E-state index contributed by atoms with van der Waals surface area (Å²) < 4.78 is 11.0. The van der Waals surface area contributed by atoms with Gasteiger partial charge in [-0.15, -0.1) is 11.8 Å². The van der Waals surface area contributed by atoms with Crippen LogP contribution in [0.25, 0.3) is 6.08 Å². The van der Waals surface area contributed by atoms with E-state index in [1.165, 1.54) is 0 Å². The summed E-state index contributed by atoms with van der Waals surface area (Å²) in [7, 11) is 0. The van der Waals surface area contributed by atoms with Gasteiger partial charge in [0.2, 0.25) is 0 Å². The summed E-state index contributed by atoms with van der Waals surface area (Å²) in [6, 6.07) is 13.3. The minimum atomic E-state index is -0.0115. The maximum atomic E-state index is 12.2. The van der Waals surface area contributed by atoms with Crippen LogP contribution in [0.4, 0.5) is 0 Å². The van der Waals surface area contributed by atoms with Crippen LogP contribution in [0, 0.1) is 0 Å². The number of carbonyl (C=O) groups excluding carboxylic acids is 1. The molecular weight excluding hydrogens is 296 g/mol. The van der Waals surface area contributed by atoms with Crippen LogP contribution in [0.15, 0.2) is 53.4 Å². The Morgan fingerprint density at radius 1 is 1.05 bits per heavy atom. The Morgan fingerprint density at radius 3 is 2.50 bits per heavy atom. The molecule has 0 bridgehead atoms. The third-order valence-electron chi connectivity index (χ3n) is 3.37. The lowest BCUT2D eigenvalue weighted by atomic mass is 10.1. The second-order valence-corrected chi connectivity index (χ2v) is 5.71. The highest BCUT2D eigenvalue weighted by atomic mass is 32.2. The van der Waals surface area contributed by atoms with Gasteiger partial charge in [0.05, 0.1) is 0 Å². The SMILES string of the molecule is CSc1ccc(C(=O)/C=C/c2ccc3c(c2)OCCO3)cc1. The van der Waals surface area contributed by atoms with E-state index in [1.807, 2.05) is 48.7 Å². The Hall–Kier alpha value is -2.20. The number of allylic oxidation sites excluding steroid dienone is 1. The zero-order chi connectivity index (χ0) is 15.4. The molecule has 22 heavy (non-hydrogen) atoms. The van der Waals surface area contributed by atoms with Crippen LogP contribution >= 0.6 is 11.8 Å². The Morgan fingerprint density at radius 2 is 1.77 bits per heavy atom. The van der Waals surface area contributed by atoms with Gasteiger partial charge in [-0.2, -0.15) is 0 Å². The molecule has 0 fully saturated rings. The van der Waals surface area contributed by atoms with Crippen molar-refractivity contribution in [2.24, 2.45) is 0 Å². The molecule has 0 N–H and O–H groups in total. The molecule has 1 aliphatic heterocycles. The minimum Gasteiger partial charge on any atom is -0.486 e. The molecular formula is C18H16O3S. The van der Waals surface area contributed by atoms with E-state index in [-0.39, 0.29) is 5.78 Å². The summed E-state index contributed by atoms with van der Waals surface area (Å²) in [4.78, 5) is 13.3. The molecule has 1 aliphatic rings. The number of fused-ring (bicyclic) bond motifs is 1. The van der Waals surface area contributed by atoms with Crippen LogP contribution in [0.5, 0.6) is 11.5 Å². The van der Waals surface area contributed by atoms with Crippen LogP contribution in [-0.2, 0) is 0 Å². The molecule has 0 aromatic heterocycles. The fourth-order valence-corrected chi connectivity index (χ4v) is 2.60. The molecule has 0 amide bonds. The third-order valence-corrected chi connectivity index (χ3v) is 4.11. The molecule has 112 valence electrons. The zero-order valence-electron chi connectivity index (χ0n) is 12.2. The maximum absolute atomic E-state index is 12.2. The number of hydrogen-bond acceptors (Lipinski definition) is 4. The molecule has 0 unspecified atom stereocenters. The zero-order valence-corrected chi connectivity index (χ0v) is 13.1. The van der Waals surface area contributed by atoms with Crippen molar-refractivity contribution in [3.8, 4) is 11.5 Å². The largest absolute Gasteiger partial charge is 0.486 e. The predicted octanol–water partition coefficient (Wildman–Crippen LogP) is 4.08. The highest BCUT2D eigenvalue weighted by molar-refractivity contribution is 7.98. The first-order valence-corrected chi connectivity index (χ1v) is 8.25. The van der Waals surface area contributed by atoms with Crippen molar-refractivity contribution in [1.29, 1.82) is 0 Å². The summed E-state index contributed by atoms with van der Waals surface area (Å²) in [5.74, 6) is 1.47. The molecule has 0 atom stereocenters. The van der Waals surface area contributed by atoms with E-state index >= 15 is 0 Å². The van der Waals surface area contributed by atoms with Gasteiger partial charge in [0.25, 0.3) is 0 Å². The number of thioether (sulfide) groups is 1. The number of hydrogen-bond donors (Lipinski definition) is 0. The molecule has 2 aromatic rings. The Balaban J connectivity index is 1.74. The lowest BCUT2D eigenvalue weighted by Crippen LogP contribution is -2.15. The highest BCUT2D eigenvalue weighted by Crippen LogP contribution is 2.31. The van der Waals surface area contributed by atoms with Crippen LogP contribution < -0.4 is 9.47 Å². The average molecular weight is 312 g/mol. The number of rotatable bonds is 4. The van der Waals surface area contributed by atoms with E-state index in [0.29, 0.717) is 18.8 Å². The summed E-state index contributed by atoms with van der Waals surface area (Å²) >= 11 is 1.66. The van der Waals surface area contributed by atoms with Gasteiger partial charge < -0.3 is 9.47 Å². The summed E-state index contributed by atoms with van der Waals surface area (Å²) in [6.45, 7) is 1.13. The lowest BCUT2D eigenvalue weighted by Gasteiger charge is -2.18. The van der Waals surface area contributed by atoms with Gasteiger partial charge in [0, 0.05) is 10.5 Å². The molecule has 3 rings (SSSR count). The topological polar surface area (TPSA) is 35.5 Å². The van der Waals surface area contributed by atoms with Crippen molar-refractivity contribution in [3.63, 3.8) is 0 Å². The fraction of sp³-hybridized carbons (Fsp3) is 0.167. The van der Waals surface area contributed by atoms with E-state index < -0.39 is 0 Å². The van der Waals surface area contributed by atoms with Gasteiger partial charge in [-0.1, -0.05) is 12.1 Å². The Labute approximate surface area is 133 Å². The molecule has 0 saturated carbocycles. The molecule has 0 spiro atoms. The van der Waals surface area contributed by atoms with Crippen molar-refractivity contribution >= 4 is 23.6 Å². The maximum Gasteiger partial charge on any atom is 0.185 e. The monoisotopic (exact) mass is 312 g/mol. The van der Waals surface area contributed by atoms with Crippen LogP contribution in [0.3, 0.4) is 0 Å². The number of ketones is 1.